The number of piperidine rings is 1. The summed E-state index contributed by atoms with van der Waals surface area (Å²) in [5.41, 5.74) is 0. The average Bonchev–Trinajstić information content (AvgIpc) is 2.32. The molecule has 15 heavy (non-hydrogen) atoms. The Morgan fingerprint density at radius 1 is 1.40 bits per heavy atom. The number of hydrogen-bond acceptors (Lipinski definition) is 3. The SMILES string of the molecule is CCOC1CCN(c2ccccn2)CC1. The molecule has 1 aliphatic heterocycles. The molecule has 2 rings (SSSR count). The van der Waals surface area contributed by atoms with E-state index in [0.717, 1.165) is 38.4 Å². The van der Waals surface area contributed by atoms with Crippen molar-refractivity contribution in [2.45, 2.75) is 25.9 Å². The Labute approximate surface area is 91.1 Å². The number of nitrogens with zero attached hydrogens (tertiary/aromatic N) is 2. The lowest BCUT2D eigenvalue weighted by Gasteiger charge is -2.32. The van der Waals surface area contributed by atoms with Gasteiger partial charge in [0.25, 0.3) is 0 Å². The molecule has 0 amide bonds. The fourth-order valence-corrected chi connectivity index (χ4v) is 2.03. The molecule has 1 fully saturated rings. The van der Waals surface area contributed by atoms with E-state index in [1.54, 1.807) is 0 Å². The summed E-state index contributed by atoms with van der Waals surface area (Å²) in [6.45, 7) is 5.00. The van der Waals surface area contributed by atoms with Gasteiger partial charge in [0.15, 0.2) is 0 Å². The Bertz CT molecular complexity index is 281. The van der Waals surface area contributed by atoms with Gasteiger partial charge in [0.1, 0.15) is 5.82 Å². The fourth-order valence-electron chi connectivity index (χ4n) is 2.03. The van der Waals surface area contributed by atoms with E-state index in [9.17, 15) is 0 Å². The molecule has 0 saturated carbocycles. The summed E-state index contributed by atoms with van der Waals surface area (Å²) in [5, 5.41) is 0. The molecule has 1 aromatic heterocycles. The predicted molar refractivity (Wildman–Crippen MR) is 61.1 cm³/mol. The molecule has 3 heteroatoms. The molecule has 0 aromatic carbocycles. The number of rotatable bonds is 3. The highest BCUT2D eigenvalue weighted by Gasteiger charge is 2.19. The number of aromatic nitrogens is 1. The van der Waals surface area contributed by atoms with Gasteiger partial charge < -0.3 is 9.64 Å². The monoisotopic (exact) mass is 206 g/mol. The molecule has 0 spiro atoms. The molecule has 1 aliphatic rings. The minimum absolute atomic E-state index is 0.454. The van der Waals surface area contributed by atoms with Crippen LogP contribution in [0.3, 0.4) is 0 Å². The van der Waals surface area contributed by atoms with Crippen LogP contribution in [0.1, 0.15) is 19.8 Å². The first-order valence-electron chi connectivity index (χ1n) is 5.67. The normalized spacial score (nSPS) is 18.1. The summed E-state index contributed by atoms with van der Waals surface area (Å²) in [6.07, 6.45) is 4.54. The van der Waals surface area contributed by atoms with Crippen molar-refractivity contribution in [1.29, 1.82) is 0 Å². The zero-order valence-corrected chi connectivity index (χ0v) is 9.22. The van der Waals surface area contributed by atoms with Crippen LogP contribution in [0.2, 0.25) is 0 Å². The Hall–Kier alpha value is -1.09. The number of anilines is 1. The summed E-state index contributed by atoms with van der Waals surface area (Å²) < 4.78 is 5.62. The first-order chi connectivity index (χ1) is 7.40. The van der Waals surface area contributed by atoms with E-state index in [0.29, 0.717) is 6.10 Å². The van der Waals surface area contributed by atoms with Crippen LogP contribution in [-0.2, 0) is 4.74 Å². The van der Waals surface area contributed by atoms with Gasteiger partial charge in [-0.2, -0.15) is 0 Å². The zero-order chi connectivity index (χ0) is 10.5. The summed E-state index contributed by atoms with van der Waals surface area (Å²) >= 11 is 0. The number of ether oxygens (including phenoxy) is 1. The minimum atomic E-state index is 0.454. The zero-order valence-electron chi connectivity index (χ0n) is 9.22. The van der Waals surface area contributed by atoms with E-state index in [1.165, 1.54) is 0 Å². The highest BCUT2D eigenvalue weighted by molar-refractivity contribution is 5.37. The second-order valence-corrected chi connectivity index (χ2v) is 3.83. The Morgan fingerprint density at radius 2 is 2.20 bits per heavy atom. The maximum atomic E-state index is 5.62. The van der Waals surface area contributed by atoms with Gasteiger partial charge in [-0.1, -0.05) is 6.07 Å². The molecule has 0 aliphatic carbocycles. The number of hydrogen-bond donors (Lipinski definition) is 0. The number of pyridine rings is 1. The summed E-state index contributed by atoms with van der Waals surface area (Å²) in [6, 6.07) is 6.06. The van der Waals surface area contributed by atoms with Gasteiger partial charge in [0.2, 0.25) is 0 Å². The maximum Gasteiger partial charge on any atom is 0.128 e. The molecule has 0 bridgehead atoms. The lowest BCUT2D eigenvalue weighted by atomic mass is 10.1. The van der Waals surface area contributed by atoms with Crippen molar-refractivity contribution in [2.24, 2.45) is 0 Å². The molecule has 0 radical (unpaired) electrons. The van der Waals surface area contributed by atoms with E-state index in [1.807, 2.05) is 18.3 Å². The molecule has 82 valence electrons. The molecule has 0 unspecified atom stereocenters. The molecule has 0 N–H and O–H groups in total. The van der Waals surface area contributed by atoms with Crippen LogP contribution in [0, 0.1) is 0 Å². The lowest BCUT2D eigenvalue weighted by Crippen LogP contribution is -2.37. The molecular weight excluding hydrogens is 188 g/mol. The Balaban J connectivity index is 1.88. The highest BCUT2D eigenvalue weighted by atomic mass is 16.5. The van der Waals surface area contributed by atoms with Crippen molar-refractivity contribution in [2.75, 3.05) is 24.6 Å². The van der Waals surface area contributed by atoms with E-state index in [2.05, 4.69) is 22.9 Å². The third kappa shape index (κ3) is 2.69. The molecule has 0 atom stereocenters. The molecule has 2 heterocycles. The summed E-state index contributed by atoms with van der Waals surface area (Å²) in [4.78, 5) is 6.69. The lowest BCUT2D eigenvalue weighted by molar-refractivity contribution is 0.0458. The van der Waals surface area contributed by atoms with Crippen LogP contribution in [0.5, 0.6) is 0 Å². The van der Waals surface area contributed by atoms with Gasteiger partial charge in [0, 0.05) is 25.9 Å². The van der Waals surface area contributed by atoms with Gasteiger partial charge >= 0.3 is 0 Å². The van der Waals surface area contributed by atoms with Crippen molar-refractivity contribution in [3.8, 4) is 0 Å². The predicted octanol–water partition coefficient (Wildman–Crippen LogP) is 2.09. The highest BCUT2D eigenvalue weighted by Crippen LogP contribution is 2.18. The molecule has 3 nitrogen and oxygen atoms in total. The Morgan fingerprint density at radius 3 is 2.80 bits per heavy atom. The van der Waals surface area contributed by atoms with Gasteiger partial charge in [0.05, 0.1) is 6.10 Å². The van der Waals surface area contributed by atoms with Gasteiger partial charge in [-0.25, -0.2) is 4.98 Å². The van der Waals surface area contributed by atoms with Crippen LogP contribution >= 0.6 is 0 Å². The van der Waals surface area contributed by atoms with Crippen LogP contribution in [0.25, 0.3) is 0 Å². The van der Waals surface area contributed by atoms with Crippen LogP contribution in [0.15, 0.2) is 24.4 Å². The fraction of sp³-hybridized carbons (Fsp3) is 0.583. The summed E-state index contributed by atoms with van der Waals surface area (Å²) in [5.74, 6) is 1.09. The third-order valence-electron chi connectivity index (χ3n) is 2.82. The molecule has 1 saturated heterocycles. The Kier molecular flexibility index (Phi) is 3.56. The average molecular weight is 206 g/mol. The van der Waals surface area contributed by atoms with Crippen molar-refractivity contribution in [3.05, 3.63) is 24.4 Å². The van der Waals surface area contributed by atoms with Crippen LogP contribution in [0.4, 0.5) is 5.82 Å². The van der Waals surface area contributed by atoms with Gasteiger partial charge in [-0.05, 0) is 31.9 Å². The first-order valence-corrected chi connectivity index (χ1v) is 5.67. The van der Waals surface area contributed by atoms with Crippen molar-refractivity contribution < 1.29 is 4.74 Å². The standard InChI is InChI=1S/C12H18N2O/c1-2-15-11-6-9-14(10-7-11)12-5-3-4-8-13-12/h3-5,8,11H,2,6-7,9-10H2,1H3. The topological polar surface area (TPSA) is 25.4 Å². The molecular formula is C12H18N2O. The van der Waals surface area contributed by atoms with E-state index in [4.69, 9.17) is 4.74 Å². The third-order valence-corrected chi connectivity index (χ3v) is 2.82. The van der Waals surface area contributed by atoms with Crippen molar-refractivity contribution in [3.63, 3.8) is 0 Å². The molecule has 1 aromatic rings. The van der Waals surface area contributed by atoms with E-state index >= 15 is 0 Å². The smallest absolute Gasteiger partial charge is 0.128 e. The van der Waals surface area contributed by atoms with Gasteiger partial charge in [-0.15, -0.1) is 0 Å². The quantitative estimate of drug-likeness (QED) is 0.757. The van der Waals surface area contributed by atoms with Crippen LogP contribution in [-0.4, -0.2) is 30.8 Å². The van der Waals surface area contributed by atoms with Crippen LogP contribution < -0.4 is 4.90 Å². The summed E-state index contributed by atoms with van der Waals surface area (Å²) in [7, 11) is 0. The van der Waals surface area contributed by atoms with Gasteiger partial charge in [-0.3, -0.25) is 0 Å². The van der Waals surface area contributed by atoms with Crippen molar-refractivity contribution in [1.82, 2.24) is 4.98 Å². The largest absolute Gasteiger partial charge is 0.378 e. The second kappa shape index (κ2) is 5.12. The first kappa shape index (κ1) is 10.4. The van der Waals surface area contributed by atoms with E-state index < -0.39 is 0 Å². The maximum absolute atomic E-state index is 5.62. The van der Waals surface area contributed by atoms with E-state index in [-0.39, 0.29) is 0 Å². The minimum Gasteiger partial charge on any atom is -0.378 e. The van der Waals surface area contributed by atoms with Crippen molar-refractivity contribution >= 4 is 5.82 Å². The second-order valence-electron chi connectivity index (χ2n) is 3.83.